The first kappa shape index (κ1) is 15.7. The van der Waals surface area contributed by atoms with Crippen molar-refractivity contribution >= 4 is 0 Å². The number of hydrazine groups is 1. The molecule has 7 heteroatoms. The van der Waals surface area contributed by atoms with Crippen molar-refractivity contribution in [3.8, 4) is 5.75 Å². The monoisotopic (exact) mass is 278 g/mol. The first-order valence-electron chi connectivity index (χ1n) is 5.86. The molecule has 0 fully saturated rings. The molecule has 19 heavy (non-hydrogen) atoms. The molecule has 0 aromatic heterocycles. The molecule has 0 radical (unpaired) electrons. The molecule has 0 spiro atoms. The van der Waals surface area contributed by atoms with Gasteiger partial charge in [0, 0.05) is 19.3 Å². The van der Waals surface area contributed by atoms with Crippen LogP contribution in [0.25, 0.3) is 0 Å². The molecule has 0 aliphatic rings. The van der Waals surface area contributed by atoms with Gasteiger partial charge in [-0.1, -0.05) is 12.1 Å². The lowest BCUT2D eigenvalue weighted by atomic mass is 10.0. The van der Waals surface area contributed by atoms with E-state index in [1.54, 1.807) is 6.07 Å². The Balaban J connectivity index is 2.72. The summed E-state index contributed by atoms with van der Waals surface area (Å²) in [6.07, 6.45) is -4.14. The van der Waals surface area contributed by atoms with E-state index >= 15 is 0 Å². The second kappa shape index (κ2) is 7.32. The summed E-state index contributed by atoms with van der Waals surface area (Å²) in [5.41, 5.74) is 3.17. The SMILES string of the molecule is CCOCCC(NN)c1cccc(OC(F)(F)F)c1. The zero-order chi connectivity index (χ0) is 14.3. The third-order valence-electron chi connectivity index (χ3n) is 2.45. The number of hydrogen-bond donors (Lipinski definition) is 2. The maximum Gasteiger partial charge on any atom is 0.573 e. The standard InChI is InChI=1S/C12H17F3N2O2/c1-2-18-7-6-11(17-16)9-4-3-5-10(8-9)19-12(13,14)15/h3-5,8,11,17H,2,6-7,16H2,1H3. The minimum atomic E-state index is -4.70. The van der Waals surface area contributed by atoms with Gasteiger partial charge in [0.15, 0.2) is 0 Å². The highest BCUT2D eigenvalue weighted by Crippen LogP contribution is 2.26. The number of alkyl halides is 3. The lowest BCUT2D eigenvalue weighted by Crippen LogP contribution is -2.29. The third kappa shape index (κ3) is 5.91. The molecule has 4 nitrogen and oxygen atoms in total. The molecule has 1 atom stereocenters. The van der Waals surface area contributed by atoms with Gasteiger partial charge in [-0.3, -0.25) is 11.3 Å². The molecule has 0 saturated heterocycles. The third-order valence-corrected chi connectivity index (χ3v) is 2.45. The van der Waals surface area contributed by atoms with Crippen LogP contribution in [0.15, 0.2) is 24.3 Å². The number of rotatable bonds is 7. The van der Waals surface area contributed by atoms with Crippen LogP contribution in [-0.2, 0) is 4.74 Å². The fraction of sp³-hybridized carbons (Fsp3) is 0.500. The van der Waals surface area contributed by atoms with Gasteiger partial charge in [-0.05, 0) is 31.0 Å². The normalized spacial score (nSPS) is 13.3. The van der Waals surface area contributed by atoms with Gasteiger partial charge >= 0.3 is 6.36 Å². The highest BCUT2D eigenvalue weighted by atomic mass is 19.4. The van der Waals surface area contributed by atoms with Crippen molar-refractivity contribution in [1.29, 1.82) is 0 Å². The quantitative estimate of drug-likeness (QED) is 0.457. The summed E-state index contributed by atoms with van der Waals surface area (Å²) >= 11 is 0. The lowest BCUT2D eigenvalue weighted by Gasteiger charge is -2.17. The van der Waals surface area contributed by atoms with E-state index in [1.165, 1.54) is 18.2 Å². The molecule has 0 bridgehead atoms. The van der Waals surface area contributed by atoms with Crippen molar-refractivity contribution in [2.45, 2.75) is 25.7 Å². The van der Waals surface area contributed by atoms with Crippen molar-refractivity contribution in [2.24, 2.45) is 5.84 Å². The fourth-order valence-electron chi connectivity index (χ4n) is 1.62. The first-order valence-corrected chi connectivity index (χ1v) is 5.86. The molecule has 0 aliphatic heterocycles. The average molecular weight is 278 g/mol. The smallest absolute Gasteiger partial charge is 0.406 e. The van der Waals surface area contributed by atoms with Gasteiger partial charge < -0.3 is 9.47 Å². The van der Waals surface area contributed by atoms with Gasteiger partial charge in [0.2, 0.25) is 0 Å². The maximum atomic E-state index is 12.1. The van der Waals surface area contributed by atoms with Gasteiger partial charge in [0.25, 0.3) is 0 Å². The summed E-state index contributed by atoms with van der Waals surface area (Å²) in [5, 5.41) is 0. The summed E-state index contributed by atoms with van der Waals surface area (Å²) in [6.45, 7) is 2.91. The summed E-state index contributed by atoms with van der Waals surface area (Å²) in [4.78, 5) is 0. The molecule has 1 aromatic carbocycles. The van der Waals surface area contributed by atoms with Crippen molar-refractivity contribution in [3.63, 3.8) is 0 Å². The minimum absolute atomic E-state index is 0.262. The van der Waals surface area contributed by atoms with Crippen molar-refractivity contribution in [1.82, 2.24) is 5.43 Å². The van der Waals surface area contributed by atoms with Crippen molar-refractivity contribution < 1.29 is 22.6 Å². The van der Waals surface area contributed by atoms with E-state index in [9.17, 15) is 13.2 Å². The van der Waals surface area contributed by atoms with E-state index < -0.39 is 6.36 Å². The predicted octanol–water partition coefficient (Wildman–Crippen LogP) is 2.52. The Morgan fingerprint density at radius 2 is 2.11 bits per heavy atom. The van der Waals surface area contributed by atoms with Crippen LogP contribution >= 0.6 is 0 Å². The second-order valence-corrected chi connectivity index (χ2v) is 3.83. The molecule has 0 amide bonds. The Morgan fingerprint density at radius 3 is 2.68 bits per heavy atom. The van der Waals surface area contributed by atoms with Crippen LogP contribution in [-0.4, -0.2) is 19.6 Å². The van der Waals surface area contributed by atoms with Gasteiger partial charge in [-0.15, -0.1) is 13.2 Å². The topological polar surface area (TPSA) is 56.5 Å². The van der Waals surface area contributed by atoms with Crippen LogP contribution in [0.1, 0.15) is 24.9 Å². The Hall–Kier alpha value is -1.31. The average Bonchev–Trinajstić information content (AvgIpc) is 2.33. The Kier molecular flexibility index (Phi) is 6.07. The van der Waals surface area contributed by atoms with Crippen LogP contribution in [0.2, 0.25) is 0 Å². The molecule has 108 valence electrons. The van der Waals surface area contributed by atoms with Crippen LogP contribution < -0.4 is 16.0 Å². The number of hydrogen-bond acceptors (Lipinski definition) is 4. The minimum Gasteiger partial charge on any atom is -0.406 e. The first-order chi connectivity index (χ1) is 8.96. The van der Waals surface area contributed by atoms with Gasteiger partial charge in [-0.2, -0.15) is 0 Å². The van der Waals surface area contributed by atoms with Crippen LogP contribution in [0.4, 0.5) is 13.2 Å². The maximum absolute atomic E-state index is 12.1. The van der Waals surface area contributed by atoms with Crippen LogP contribution in [0, 0.1) is 0 Å². The largest absolute Gasteiger partial charge is 0.573 e. The van der Waals surface area contributed by atoms with E-state index in [2.05, 4.69) is 10.2 Å². The molecule has 0 aliphatic carbocycles. The molecule has 1 unspecified atom stereocenters. The highest BCUT2D eigenvalue weighted by molar-refractivity contribution is 5.30. The predicted molar refractivity (Wildman–Crippen MR) is 64.3 cm³/mol. The van der Waals surface area contributed by atoms with Crippen LogP contribution in [0.3, 0.4) is 0 Å². The number of nitrogens with two attached hydrogens (primary N) is 1. The van der Waals surface area contributed by atoms with Gasteiger partial charge in [0.05, 0.1) is 0 Å². The molecular formula is C12H17F3N2O2. The summed E-state index contributed by atoms with van der Waals surface area (Å²) in [6, 6.07) is 5.43. The summed E-state index contributed by atoms with van der Waals surface area (Å²) < 4.78 is 45.4. The van der Waals surface area contributed by atoms with Gasteiger partial charge in [0.1, 0.15) is 5.75 Å². The molecule has 3 N–H and O–H groups in total. The Morgan fingerprint density at radius 1 is 1.37 bits per heavy atom. The number of nitrogens with one attached hydrogen (secondary N) is 1. The van der Waals surface area contributed by atoms with E-state index in [-0.39, 0.29) is 11.8 Å². The number of benzene rings is 1. The van der Waals surface area contributed by atoms with Crippen molar-refractivity contribution in [3.05, 3.63) is 29.8 Å². The lowest BCUT2D eigenvalue weighted by molar-refractivity contribution is -0.274. The summed E-state index contributed by atoms with van der Waals surface area (Å²) in [5.74, 6) is 5.13. The Bertz CT molecular complexity index is 385. The zero-order valence-corrected chi connectivity index (χ0v) is 10.5. The summed E-state index contributed by atoms with van der Waals surface area (Å²) in [7, 11) is 0. The fourth-order valence-corrected chi connectivity index (χ4v) is 1.62. The molecule has 1 aromatic rings. The molecule has 0 heterocycles. The van der Waals surface area contributed by atoms with E-state index in [1.807, 2.05) is 6.92 Å². The number of ether oxygens (including phenoxy) is 2. The van der Waals surface area contributed by atoms with E-state index in [0.717, 1.165) is 0 Å². The van der Waals surface area contributed by atoms with Crippen molar-refractivity contribution in [2.75, 3.05) is 13.2 Å². The van der Waals surface area contributed by atoms with E-state index in [4.69, 9.17) is 10.6 Å². The molecular weight excluding hydrogens is 261 g/mol. The zero-order valence-electron chi connectivity index (χ0n) is 10.5. The Labute approximate surface area is 109 Å². The van der Waals surface area contributed by atoms with E-state index in [0.29, 0.717) is 25.2 Å². The second-order valence-electron chi connectivity index (χ2n) is 3.83. The van der Waals surface area contributed by atoms with Crippen LogP contribution in [0.5, 0.6) is 5.75 Å². The number of halogens is 3. The molecule has 0 saturated carbocycles. The van der Waals surface area contributed by atoms with Gasteiger partial charge in [-0.25, -0.2) is 0 Å². The molecule has 1 rings (SSSR count). The highest BCUT2D eigenvalue weighted by Gasteiger charge is 2.31.